The standard InChI is InChI=1S/C18H23NO4/c1-4-11-18(5-2,12-20)15(21)19-16(22)23-13-17(19,3)14-9-7-6-8-10-14/h6-10,12H,4-5,11,13H2,1-3H3. The maximum atomic E-state index is 13.1. The second kappa shape index (κ2) is 6.52. The van der Waals surface area contributed by atoms with Crippen LogP contribution in [0.1, 0.15) is 45.6 Å². The van der Waals surface area contributed by atoms with Gasteiger partial charge in [-0.2, -0.15) is 0 Å². The molecule has 0 aromatic heterocycles. The van der Waals surface area contributed by atoms with Gasteiger partial charge in [0.15, 0.2) is 0 Å². The van der Waals surface area contributed by atoms with Crippen LogP contribution in [0.3, 0.4) is 0 Å². The average molecular weight is 317 g/mol. The van der Waals surface area contributed by atoms with Crippen molar-refractivity contribution >= 4 is 18.3 Å². The van der Waals surface area contributed by atoms with Gasteiger partial charge in [0.1, 0.15) is 23.8 Å². The van der Waals surface area contributed by atoms with Gasteiger partial charge in [0, 0.05) is 0 Å². The fourth-order valence-corrected chi connectivity index (χ4v) is 3.15. The zero-order valence-electron chi connectivity index (χ0n) is 13.9. The maximum Gasteiger partial charge on any atom is 0.417 e. The van der Waals surface area contributed by atoms with E-state index in [0.717, 1.165) is 10.5 Å². The van der Waals surface area contributed by atoms with Gasteiger partial charge in [-0.1, -0.05) is 50.6 Å². The zero-order valence-corrected chi connectivity index (χ0v) is 13.9. The summed E-state index contributed by atoms with van der Waals surface area (Å²) in [5.74, 6) is -0.467. The Morgan fingerprint density at radius 2 is 2.00 bits per heavy atom. The van der Waals surface area contributed by atoms with Gasteiger partial charge in [-0.05, 0) is 25.3 Å². The Hall–Kier alpha value is -2.17. The van der Waals surface area contributed by atoms with Crippen LogP contribution in [0.15, 0.2) is 30.3 Å². The molecule has 0 radical (unpaired) electrons. The average Bonchev–Trinajstić information content (AvgIpc) is 2.89. The number of rotatable bonds is 6. The van der Waals surface area contributed by atoms with E-state index < -0.39 is 23.0 Å². The lowest BCUT2D eigenvalue weighted by Gasteiger charge is -2.36. The van der Waals surface area contributed by atoms with Crippen LogP contribution < -0.4 is 0 Å². The first-order chi connectivity index (χ1) is 10.9. The molecule has 0 spiro atoms. The predicted octanol–water partition coefficient (Wildman–Crippen LogP) is 3.28. The van der Waals surface area contributed by atoms with Crippen LogP contribution >= 0.6 is 0 Å². The lowest BCUT2D eigenvalue weighted by molar-refractivity contribution is -0.146. The third-order valence-electron chi connectivity index (χ3n) is 4.73. The quantitative estimate of drug-likeness (QED) is 0.596. The Bertz CT molecular complexity index is 600. The molecule has 1 saturated heterocycles. The van der Waals surface area contributed by atoms with Crippen LogP contribution in [-0.4, -0.2) is 29.8 Å². The van der Waals surface area contributed by atoms with Crippen molar-refractivity contribution in [1.82, 2.24) is 4.90 Å². The van der Waals surface area contributed by atoms with Gasteiger partial charge < -0.3 is 9.53 Å². The summed E-state index contributed by atoms with van der Waals surface area (Å²) in [5.41, 5.74) is -1.26. The van der Waals surface area contributed by atoms with E-state index in [-0.39, 0.29) is 6.61 Å². The Balaban J connectivity index is 2.47. The molecule has 1 aromatic rings. The molecule has 0 N–H and O–H groups in total. The molecular formula is C18H23NO4. The molecule has 23 heavy (non-hydrogen) atoms. The Kier molecular flexibility index (Phi) is 4.88. The molecule has 1 aromatic carbocycles. The van der Waals surface area contributed by atoms with Crippen molar-refractivity contribution in [2.45, 2.75) is 45.6 Å². The first kappa shape index (κ1) is 17.2. The molecule has 1 aliphatic heterocycles. The molecule has 1 heterocycles. The fraction of sp³-hybridized carbons (Fsp3) is 0.500. The van der Waals surface area contributed by atoms with Gasteiger partial charge in [0.2, 0.25) is 5.91 Å². The van der Waals surface area contributed by atoms with E-state index in [0.29, 0.717) is 25.5 Å². The summed E-state index contributed by atoms with van der Waals surface area (Å²) in [6, 6.07) is 9.29. The minimum absolute atomic E-state index is 0.0896. The highest BCUT2D eigenvalue weighted by Gasteiger charge is 2.53. The molecule has 124 valence electrons. The number of nitrogens with zero attached hydrogens (tertiary/aromatic N) is 1. The zero-order chi connectivity index (χ0) is 17.1. The lowest BCUT2D eigenvalue weighted by Crippen LogP contribution is -2.53. The number of ether oxygens (including phenoxy) is 1. The van der Waals surface area contributed by atoms with Crippen LogP contribution in [-0.2, 0) is 19.9 Å². The van der Waals surface area contributed by atoms with Crippen molar-refractivity contribution in [2.75, 3.05) is 6.61 Å². The Morgan fingerprint density at radius 1 is 1.35 bits per heavy atom. The first-order valence-corrected chi connectivity index (χ1v) is 7.98. The maximum absolute atomic E-state index is 13.1. The Labute approximate surface area is 136 Å². The number of imide groups is 1. The molecule has 5 heteroatoms. The van der Waals surface area contributed by atoms with E-state index in [9.17, 15) is 14.4 Å². The van der Waals surface area contributed by atoms with E-state index >= 15 is 0 Å². The largest absolute Gasteiger partial charge is 0.446 e. The Morgan fingerprint density at radius 3 is 2.52 bits per heavy atom. The van der Waals surface area contributed by atoms with Crippen LogP contribution in [0, 0.1) is 5.41 Å². The van der Waals surface area contributed by atoms with E-state index in [1.165, 1.54) is 0 Å². The van der Waals surface area contributed by atoms with Crippen LogP contribution in [0.5, 0.6) is 0 Å². The summed E-state index contributed by atoms with van der Waals surface area (Å²) in [5, 5.41) is 0. The van der Waals surface area contributed by atoms with Crippen molar-refractivity contribution in [3.05, 3.63) is 35.9 Å². The summed E-state index contributed by atoms with van der Waals surface area (Å²) < 4.78 is 5.17. The summed E-state index contributed by atoms with van der Waals surface area (Å²) in [7, 11) is 0. The van der Waals surface area contributed by atoms with Crippen LogP contribution in [0.2, 0.25) is 0 Å². The smallest absolute Gasteiger partial charge is 0.417 e. The second-order valence-corrected chi connectivity index (χ2v) is 6.21. The number of aldehydes is 1. The second-order valence-electron chi connectivity index (χ2n) is 6.21. The summed E-state index contributed by atoms with van der Waals surface area (Å²) >= 11 is 0. The number of amides is 2. The predicted molar refractivity (Wildman–Crippen MR) is 85.7 cm³/mol. The molecule has 5 nitrogen and oxygen atoms in total. The third-order valence-corrected chi connectivity index (χ3v) is 4.73. The van der Waals surface area contributed by atoms with Gasteiger partial charge >= 0.3 is 6.09 Å². The minimum Gasteiger partial charge on any atom is -0.446 e. The van der Waals surface area contributed by atoms with Crippen molar-refractivity contribution in [3.63, 3.8) is 0 Å². The molecule has 2 unspecified atom stereocenters. The monoisotopic (exact) mass is 317 g/mol. The number of hydrogen-bond acceptors (Lipinski definition) is 4. The van der Waals surface area contributed by atoms with Gasteiger partial charge in [-0.25, -0.2) is 9.69 Å². The molecule has 0 aliphatic carbocycles. The summed E-state index contributed by atoms with van der Waals surface area (Å²) in [6.45, 7) is 5.60. The van der Waals surface area contributed by atoms with Gasteiger partial charge in [0.05, 0.1) is 0 Å². The first-order valence-electron chi connectivity index (χ1n) is 7.98. The number of cyclic esters (lactones) is 1. The number of benzene rings is 1. The normalized spacial score (nSPS) is 23.3. The van der Waals surface area contributed by atoms with Gasteiger partial charge in [-0.15, -0.1) is 0 Å². The van der Waals surface area contributed by atoms with Crippen molar-refractivity contribution < 1.29 is 19.1 Å². The van der Waals surface area contributed by atoms with Crippen molar-refractivity contribution in [1.29, 1.82) is 0 Å². The molecule has 1 aliphatic rings. The van der Waals surface area contributed by atoms with E-state index in [4.69, 9.17) is 4.74 Å². The van der Waals surface area contributed by atoms with Gasteiger partial charge in [-0.3, -0.25) is 4.79 Å². The highest BCUT2D eigenvalue weighted by atomic mass is 16.6. The van der Waals surface area contributed by atoms with E-state index in [1.54, 1.807) is 13.8 Å². The molecule has 2 atom stereocenters. The molecule has 0 saturated carbocycles. The topological polar surface area (TPSA) is 63.7 Å². The molecule has 2 rings (SSSR count). The molecular weight excluding hydrogens is 294 g/mol. The number of carbonyl (C=O) groups is 3. The highest BCUT2D eigenvalue weighted by molar-refractivity contribution is 6.04. The summed E-state index contributed by atoms with van der Waals surface area (Å²) in [6.07, 6.45) is 1.47. The van der Waals surface area contributed by atoms with Gasteiger partial charge in [0.25, 0.3) is 0 Å². The highest BCUT2D eigenvalue weighted by Crippen LogP contribution is 2.39. The van der Waals surface area contributed by atoms with Crippen LogP contribution in [0.25, 0.3) is 0 Å². The van der Waals surface area contributed by atoms with Crippen LogP contribution in [0.4, 0.5) is 4.79 Å². The molecule has 2 amide bonds. The fourth-order valence-electron chi connectivity index (χ4n) is 3.15. The van der Waals surface area contributed by atoms with E-state index in [1.807, 2.05) is 37.3 Å². The van der Waals surface area contributed by atoms with E-state index in [2.05, 4.69) is 0 Å². The SMILES string of the molecule is CCCC(C=O)(CC)C(=O)N1C(=O)OCC1(C)c1ccccc1. The lowest BCUT2D eigenvalue weighted by atomic mass is 9.79. The van der Waals surface area contributed by atoms with Crippen molar-refractivity contribution in [3.8, 4) is 0 Å². The summed E-state index contributed by atoms with van der Waals surface area (Å²) in [4.78, 5) is 38.2. The minimum atomic E-state index is -1.17. The number of hydrogen-bond donors (Lipinski definition) is 0. The number of carbonyl (C=O) groups excluding carboxylic acids is 3. The third kappa shape index (κ3) is 2.76. The molecule has 0 bridgehead atoms. The van der Waals surface area contributed by atoms with Crippen molar-refractivity contribution in [2.24, 2.45) is 5.41 Å². The molecule has 1 fully saturated rings.